The summed E-state index contributed by atoms with van der Waals surface area (Å²) >= 11 is 3.60. The molecule has 6 heteroatoms. The van der Waals surface area contributed by atoms with Gasteiger partial charge in [0.05, 0.1) is 0 Å². The zero-order valence-electron chi connectivity index (χ0n) is 13.3. The van der Waals surface area contributed by atoms with E-state index in [0.717, 1.165) is 22.2 Å². The van der Waals surface area contributed by atoms with Crippen LogP contribution in [0.3, 0.4) is 0 Å². The molecule has 0 spiro atoms. The topological polar surface area (TPSA) is 35.5 Å². The molecule has 0 N–H and O–H groups in total. The van der Waals surface area contributed by atoms with Crippen LogP contribution in [-0.4, -0.2) is 27.7 Å². The van der Waals surface area contributed by atoms with E-state index in [0.29, 0.717) is 12.8 Å². The van der Waals surface area contributed by atoms with Gasteiger partial charge in [-0.3, -0.25) is 0 Å². The van der Waals surface area contributed by atoms with E-state index in [1.54, 1.807) is 0 Å². The monoisotopic (exact) mass is 472 g/mol. The third-order valence-electron chi connectivity index (χ3n) is 3.51. The van der Waals surface area contributed by atoms with Gasteiger partial charge in [-0.2, -0.15) is 0 Å². The van der Waals surface area contributed by atoms with Crippen LogP contribution < -0.4 is 4.46 Å². The molecule has 1 atom stereocenters. The molecule has 0 saturated heterocycles. The van der Waals surface area contributed by atoms with E-state index in [1.807, 2.05) is 37.3 Å². The summed E-state index contributed by atoms with van der Waals surface area (Å²) in [5.41, 5.74) is 0.964. The third kappa shape index (κ3) is 4.41. The van der Waals surface area contributed by atoms with Gasteiger partial charge >= 0.3 is 158 Å². The molecule has 1 aliphatic heterocycles. The van der Waals surface area contributed by atoms with Crippen LogP contribution in [0, 0.1) is 0 Å². The van der Waals surface area contributed by atoms with Crippen LogP contribution in [0.15, 0.2) is 63.5 Å². The van der Waals surface area contributed by atoms with Crippen LogP contribution in [0.2, 0.25) is 0 Å². The zero-order valence-corrected chi connectivity index (χ0v) is 17.5. The minimum absolute atomic E-state index is 0.128. The predicted molar refractivity (Wildman–Crippen MR) is 103 cm³/mol. The first-order valence-corrected chi connectivity index (χ1v) is 12.0. The maximum atomic E-state index is 12.8. The van der Waals surface area contributed by atoms with Gasteiger partial charge in [0.25, 0.3) is 0 Å². The Kier molecular flexibility index (Phi) is 6.02. The third-order valence-corrected chi connectivity index (χ3v) is 8.32. The average molecular weight is 472 g/mol. The molecule has 3 rings (SSSR count). The van der Waals surface area contributed by atoms with Crippen LogP contribution >= 0.6 is 23.5 Å². The van der Waals surface area contributed by atoms with Crippen molar-refractivity contribution in [3.05, 3.63) is 69.1 Å². The van der Waals surface area contributed by atoms with Gasteiger partial charge in [-0.1, -0.05) is 0 Å². The van der Waals surface area contributed by atoms with E-state index in [-0.39, 0.29) is 15.0 Å². The molecule has 2 aromatic carbocycles. The first-order valence-electron chi connectivity index (χ1n) is 7.75. The van der Waals surface area contributed by atoms with Gasteiger partial charge in [0.2, 0.25) is 0 Å². The van der Waals surface area contributed by atoms with Crippen molar-refractivity contribution in [1.82, 2.24) is 0 Å². The molecule has 0 aromatic heterocycles. The van der Waals surface area contributed by atoms with Crippen molar-refractivity contribution in [1.29, 1.82) is 0 Å². The summed E-state index contributed by atoms with van der Waals surface area (Å²) in [4.78, 5) is 0. The second-order valence-electron chi connectivity index (χ2n) is 5.27. The summed E-state index contributed by atoms with van der Waals surface area (Å²) in [5, 5.41) is 0. The molecule has 0 amide bonds. The summed E-state index contributed by atoms with van der Waals surface area (Å²) in [6, 6.07) is 18.2. The van der Waals surface area contributed by atoms with Gasteiger partial charge < -0.3 is 0 Å². The second-order valence-corrected chi connectivity index (χ2v) is 10.7. The number of hydrogen-bond acceptors (Lipinski definition) is 3. The predicted octanol–water partition coefficient (Wildman–Crippen LogP) is 4.80. The molecular formula is C18H18BrO3PSe. The van der Waals surface area contributed by atoms with Crippen LogP contribution in [-0.2, 0) is 13.6 Å². The van der Waals surface area contributed by atoms with Crippen molar-refractivity contribution in [2.75, 3.05) is 12.8 Å². The molecule has 0 bridgehead atoms. The SMILES string of the molecule is CCOP1(=O)CCC([Se]c2ccc(Br)cc2)=C(c2ccccc2)O1. The summed E-state index contributed by atoms with van der Waals surface area (Å²) in [6.07, 6.45) is 1.20. The molecule has 1 aliphatic rings. The second kappa shape index (κ2) is 8.03. The molecule has 1 heterocycles. The molecule has 0 aliphatic carbocycles. The van der Waals surface area contributed by atoms with Gasteiger partial charge in [-0.05, 0) is 0 Å². The van der Waals surface area contributed by atoms with E-state index in [4.69, 9.17) is 9.05 Å². The average Bonchev–Trinajstić information content (AvgIpc) is 2.59. The molecule has 24 heavy (non-hydrogen) atoms. The van der Waals surface area contributed by atoms with Crippen molar-refractivity contribution in [2.45, 2.75) is 13.3 Å². The minimum atomic E-state index is -3.04. The Morgan fingerprint density at radius 2 is 1.88 bits per heavy atom. The summed E-state index contributed by atoms with van der Waals surface area (Å²) < 4.78 is 27.7. The van der Waals surface area contributed by atoms with Crippen LogP contribution in [0.4, 0.5) is 0 Å². The van der Waals surface area contributed by atoms with E-state index in [1.165, 1.54) is 8.93 Å². The molecule has 0 saturated carbocycles. The number of hydrogen-bond donors (Lipinski definition) is 0. The standard InChI is InChI=1S/C18H18BrO3PSe/c1-2-21-23(20)13-12-17(24-16-10-8-15(19)9-11-16)18(22-23)14-6-4-3-5-7-14/h3-11H,2,12-13H2,1H3. The maximum absolute atomic E-state index is 12.8. The fraction of sp³-hybridized carbons (Fsp3) is 0.222. The summed E-state index contributed by atoms with van der Waals surface area (Å²) in [5.74, 6) is 0.738. The Hall–Kier alpha value is -0.831. The van der Waals surface area contributed by atoms with Crippen molar-refractivity contribution in [3.63, 3.8) is 0 Å². The zero-order chi connectivity index (χ0) is 17.0. The van der Waals surface area contributed by atoms with Crippen LogP contribution in [0.25, 0.3) is 5.76 Å². The fourth-order valence-electron chi connectivity index (χ4n) is 2.42. The van der Waals surface area contributed by atoms with E-state index in [9.17, 15) is 4.57 Å². The van der Waals surface area contributed by atoms with Crippen molar-refractivity contribution < 1.29 is 13.6 Å². The molecule has 3 nitrogen and oxygen atoms in total. The van der Waals surface area contributed by atoms with E-state index < -0.39 is 7.60 Å². The number of benzene rings is 2. The normalized spacial score (nSPS) is 20.8. The van der Waals surface area contributed by atoms with E-state index in [2.05, 4.69) is 40.2 Å². The van der Waals surface area contributed by atoms with Gasteiger partial charge in [0.15, 0.2) is 0 Å². The van der Waals surface area contributed by atoms with Gasteiger partial charge in [0, 0.05) is 0 Å². The molecule has 0 fully saturated rings. The van der Waals surface area contributed by atoms with Gasteiger partial charge in [-0.15, -0.1) is 0 Å². The van der Waals surface area contributed by atoms with Gasteiger partial charge in [-0.25, -0.2) is 0 Å². The number of halogens is 1. The molecule has 126 valence electrons. The Morgan fingerprint density at radius 3 is 2.54 bits per heavy atom. The Labute approximate surface area is 157 Å². The molecule has 1 unspecified atom stereocenters. The molecular weight excluding hydrogens is 454 g/mol. The Morgan fingerprint density at radius 1 is 1.17 bits per heavy atom. The Bertz CT molecular complexity index is 775. The van der Waals surface area contributed by atoms with Crippen LogP contribution in [0.1, 0.15) is 18.9 Å². The molecule has 0 radical (unpaired) electrons. The van der Waals surface area contributed by atoms with Crippen molar-refractivity contribution >= 4 is 48.7 Å². The first-order chi connectivity index (χ1) is 11.6. The van der Waals surface area contributed by atoms with E-state index >= 15 is 0 Å². The van der Waals surface area contributed by atoms with Crippen molar-refractivity contribution in [2.24, 2.45) is 0 Å². The first kappa shape index (κ1) is 18.0. The number of allylic oxidation sites excluding steroid dienone is 1. The fourth-order valence-corrected chi connectivity index (χ4v) is 6.95. The molecule has 2 aromatic rings. The summed E-state index contributed by atoms with van der Waals surface area (Å²) in [6.45, 7) is 2.24. The summed E-state index contributed by atoms with van der Waals surface area (Å²) in [7, 11) is -3.04. The Balaban J connectivity index is 1.96. The number of rotatable bonds is 5. The van der Waals surface area contributed by atoms with Crippen molar-refractivity contribution in [3.8, 4) is 0 Å². The quantitative estimate of drug-likeness (QED) is 0.464. The van der Waals surface area contributed by atoms with Crippen LogP contribution in [0.5, 0.6) is 0 Å². The van der Waals surface area contributed by atoms with Gasteiger partial charge in [0.1, 0.15) is 0 Å².